The lowest BCUT2D eigenvalue weighted by atomic mass is 9.96. The van der Waals surface area contributed by atoms with Gasteiger partial charge in [0.1, 0.15) is 17.1 Å². The summed E-state index contributed by atoms with van der Waals surface area (Å²) in [6, 6.07) is 5.92. The molecule has 1 atom stereocenters. The van der Waals surface area contributed by atoms with E-state index in [1.165, 1.54) is 62.3 Å². The van der Waals surface area contributed by atoms with Crippen LogP contribution in [0, 0.1) is 0 Å². The monoisotopic (exact) mass is 385 g/mol. The van der Waals surface area contributed by atoms with E-state index in [1.54, 1.807) is 0 Å². The number of carbonyl (C=O) groups excluding carboxylic acids is 1. The summed E-state index contributed by atoms with van der Waals surface area (Å²) in [4.78, 5) is 11.8. The first-order valence-electron chi connectivity index (χ1n) is 11.2. The fourth-order valence-electron chi connectivity index (χ4n) is 4.20. The summed E-state index contributed by atoms with van der Waals surface area (Å²) in [6.07, 6.45) is 14.5. The van der Waals surface area contributed by atoms with Crippen molar-refractivity contribution >= 4 is 16.9 Å². The van der Waals surface area contributed by atoms with Crippen molar-refractivity contribution in [3.8, 4) is 5.75 Å². The fourth-order valence-corrected chi connectivity index (χ4v) is 4.20. The van der Waals surface area contributed by atoms with Crippen molar-refractivity contribution in [1.82, 2.24) is 0 Å². The minimum atomic E-state index is -0.567. The van der Waals surface area contributed by atoms with Crippen molar-refractivity contribution in [2.75, 3.05) is 0 Å². The minimum Gasteiger partial charge on any atom is -0.480 e. The Bertz CT molecular complexity index is 765. The highest BCUT2D eigenvalue weighted by atomic mass is 16.5. The molecule has 1 unspecified atom stereocenters. The molecule has 0 saturated heterocycles. The predicted octanol–water partition coefficient (Wildman–Crippen LogP) is 6.08. The van der Waals surface area contributed by atoms with Crippen LogP contribution >= 0.6 is 0 Å². The van der Waals surface area contributed by atoms with Gasteiger partial charge in [-0.25, -0.2) is 0 Å². The number of hydrogen-bond donors (Lipinski definition) is 1. The molecule has 2 N–H and O–H groups in total. The van der Waals surface area contributed by atoms with Gasteiger partial charge in [-0.2, -0.15) is 0 Å². The van der Waals surface area contributed by atoms with E-state index in [-0.39, 0.29) is 5.91 Å². The number of furan rings is 1. The van der Waals surface area contributed by atoms with Gasteiger partial charge >= 0.3 is 0 Å². The van der Waals surface area contributed by atoms with Gasteiger partial charge in [-0.05, 0) is 44.2 Å². The number of nitrogens with two attached hydrogens (primary N) is 1. The largest absolute Gasteiger partial charge is 0.480 e. The van der Waals surface area contributed by atoms with Gasteiger partial charge in [0.25, 0.3) is 5.91 Å². The second-order valence-corrected chi connectivity index (χ2v) is 8.14. The Morgan fingerprint density at radius 1 is 1.07 bits per heavy atom. The van der Waals surface area contributed by atoms with Crippen LogP contribution in [0.1, 0.15) is 88.9 Å². The van der Waals surface area contributed by atoms with Crippen LogP contribution in [0.5, 0.6) is 5.75 Å². The van der Waals surface area contributed by atoms with E-state index in [0.717, 1.165) is 37.0 Å². The number of fused-ring (bicyclic) bond motifs is 3. The van der Waals surface area contributed by atoms with Gasteiger partial charge in [0.2, 0.25) is 0 Å². The molecule has 4 nitrogen and oxygen atoms in total. The van der Waals surface area contributed by atoms with E-state index in [9.17, 15) is 4.79 Å². The maximum Gasteiger partial charge on any atom is 0.258 e. The molecular weight excluding hydrogens is 350 g/mol. The summed E-state index contributed by atoms with van der Waals surface area (Å²) < 4.78 is 12.0. The maximum absolute atomic E-state index is 11.8. The molecule has 0 radical (unpaired) electrons. The molecule has 0 fully saturated rings. The topological polar surface area (TPSA) is 65.5 Å². The summed E-state index contributed by atoms with van der Waals surface area (Å²) in [5.74, 6) is 1.40. The Morgan fingerprint density at radius 3 is 2.54 bits per heavy atom. The lowest BCUT2D eigenvalue weighted by Crippen LogP contribution is -2.33. The van der Waals surface area contributed by atoms with Crippen molar-refractivity contribution in [3.05, 3.63) is 29.5 Å². The van der Waals surface area contributed by atoms with Crippen LogP contribution in [0.3, 0.4) is 0 Å². The van der Waals surface area contributed by atoms with Crippen molar-refractivity contribution in [3.63, 3.8) is 0 Å². The van der Waals surface area contributed by atoms with Crippen LogP contribution in [-0.2, 0) is 17.6 Å². The zero-order chi connectivity index (χ0) is 19.8. The average molecular weight is 386 g/mol. The molecule has 1 aromatic carbocycles. The summed E-state index contributed by atoms with van der Waals surface area (Å²) in [6.45, 7) is 2.24. The Balaban J connectivity index is 1.50. The van der Waals surface area contributed by atoms with E-state index in [1.807, 2.05) is 12.1 Å². The molecule has 3 rings (SSSR count). The molecular formula is C24H35NO3. The molecule has 1 aromatic heterocycles. The second-order valence-electron chi connectivity index (χ2n) is 8.14. The molecule has 1 aliphatic rings. The second kappa shape index (κ2) is 10.5. The first-order valence-corrected chi connectivity index (χ1v) is 11.2. The number of unbranched alkanes of at least 4 members (excludes halogenated alkanes) is 7. The van der Waals surface area contributed by atoms with Gasteiger partial charge in [-0.1, -0.05) is 51.9 Å². The van der Waals surface area contributed by atoms with Crippen LogP contribution in [0.25, 0.3) is 11.0 Å². The normalized spacial score (nSPS) is 14.8. The van der Waals surface area contributed by atoms with E-state index < -0.39 is 6.10 Å². The van der Waals surface area contributed by atoms with E-state index in [4.69, 9.17) is 14.9 Å². The number of hydrogen-bond acceptors (Lipinski definition) is 3. The Morgan fingerprint density at radius 2 is 1.79 bits per heavy atom. The van der Waals surface area contributed by atoms with E-state index >= 15 is 0 Å². The molecule has 0 aliphatic heterocycles. The van der Waals surface area contributed by atoms with Crippen LogP contribution in [0.4, 0.5) is 0 Å². The molecule has 4 heteroatoms. The highest BCUT2D eigenvalue weighted by Crippen LogP contribution is 2.34. The van der Waals surface area contributed by atoms with Gasteiger partial charge in [0.05, 0.1) is 0 Å². The summed E-state index contributed by atoms with van der Waals surface area (Å²) >= 11 is 0. The number of amides is 1. The molecule has 2 aromatic rings. The highest BCUT2D eigenvalue weighted by molar-refractivity contribution is 5.84. The van der Waals surface area contributed by atoms with Crippen LogP contribution in [0.15, 0.2) is 22.6 Å². The van der Waals surface area contributed by atoms with Gasteiger partial charge in [0, 0.05) is 23.4 Å². The van der Waals surface area contributed by atoms with Crippen molar-refractivity contribution in [2.24, 2.45) is 5.73 Å². The third-order valence-electron chi connectivity index (χ3n) is 5.84. The lowest BCUT2D eigenvalue weighted by Gasteiger charge is -2.16. The van der Waals surface area contributed by atoms with Crippen LogP contribution in [-0.4, -0.2) is 12.0 Å². The predicted molar refractivity (Wildman–Crippen MR) is 114 cm³/mol. The molecule has 154 valence electrons. The first kappa shape index (κ1) is 20.8. The van der Waals surface area contributed by atoms with Crippen molar-refractivity contribution < 1.29 is 13.9 Å². The van der Waals surface area contributed by atoms with E-state index in [0.29, 0.717) is 12.2 Å². The Hall–Kier alpha value is -1.97. The first-order chi connectivity index (χ1) is 13.7. The third-order valence-corrected chi connectivity index (χ3v) is 5.84. The average Bonchev–Trinajstić information content (AvgIpc) is 3.06. The number of aryl methyl sites for hydroxylation is 2. The van der Waals surface area contributed by atoms with E-state index in [2.05, 4.69) is 13.0 Å². The highest BCUT2D eigenvalue weighted by Gasteiger charge is 2.20. The molecule has 0 spiro atoms. The molecule has 1 heterocycles. The molecule has 0 saturated carbocycles. The van der Waals surface area contributed by atoms with Gasteiger partial charge in [0.15, 0.2) is 6.10 Å². The van der Waals surface area contributed by atoms with Crippen LogP contribution in [0.2, 0.25) is 0 Å². The fraction of sp³-hybridized carbons (Fsp3) is 0.625. The van der Waals surface area contributed by atoms with Gasteiger partial charge < -0.3 is 14.9 Å². The Labute approximate surface area is 168 Å². The quantitative estimate of drug-likeness (QED) is 0.451. The summed E-state index contributed by atoms with van der Waals surface area (Å²) in [5, 5.41) is 1.18. The zero-order valence-corrected chi connectivity index (χ0v) is 17.3. The molecule has 0 bridgehead atoms. The minimum absolute atomic E-state index is 0.387. The van der Waals surface area contributed by atoms with Gasteiger partial charge in [-0.15, -0.1) is 0 Å². The number of ether oxygens (including phenoxy) is 1. The maximum atomic E-state index is 11.8. The standard InChI is InChI=1S/C24H35NO3/c1-2-3-4-5-6-7-8-9-14-22(24(25)26)27-18-15-16-20-19-12-10-11-13-21(19)28-23(20)17-18/h15-17,22H,2-14H2,1H3,(H2,25,26). The number of rotatable bonds is 12. The summed E-state index contributed by atoms with van der Waals surface area (Å²) in [5.41, 5.74) is 7.79. The third kappa shape index (κ3) is 5.52. The molecule has 1 amide bonds. The van der Waals surface area contributed by atoms with Crippen LogP contribution < -0.4 is 10.5 Å². The number of benzene rings is 1. The zero-order valence-electron chi connectivity index (χ0n) is 17.3. The molecule has 1 aliphatic carbocycles. The molecule has 28 heavy (non-hydrogen) atoms. The van der Waals surface area contributed by atoms with Crippen molar-refractivity contribution in [1.29, 1.82) is 0 Å². The smallest absolute Gasteiger partial charge is 0.258 e. The van der Waals surface area contributed by atoms with Crippen molar-refractivity contribution in [2.45, 2.75) is 96.5 Å². The number of carbonyl (C=O) groups is 1. The number of primary amides is 1. The van der Waals surface area contributed by atoms with Gasteiger partial charge in [-0.3, -0.25) is 4.79 Å². The summed E-state index contributed by atoms with van der Waals surface area (Å²) in [7, 11) is 0. The SMILES string of the molecule is CCCCCCCCCCC(Oc1ccc2c3c(oc2c1)CCCC3)C(N)=O. The Kier molecular flexibility index (Phi) is 7.81. The lowest BCUT2D eigenvalue weighted by molar-refractivity contribution is -0.125.